The van der Waals surface area contributed by atoms with Gasteiger partial charge in [0.05, 0.1) is 5.69 Å². The van der Waals surface area contributed by atoms with Crippen LogP contribution in [0.25, 0.3) is 0 Å². The summed E-state index contributed by atoms with van der Waals surface area (Å²) in [7, 11) is 0. The Bertz CT molecular complexity index is 555. The lowest BCUT2D eigenvalue weighted by molar-refractivity contribution is 0.567. The van der Waals surface area contributed by atoms with Crippen LogP contribution in [0.1, 0.15) is 5.56 Å². The molecule has 0 bridgehead atoms. The van der Waals surface area contributed by atoms with Gasteiger partial charge in [0.15, 0.2) is 0 Å². The second kappa shape index (κ2) is 5.55. The van der Waals surface area contributed by atoms with E-state index >= 15 is 0 Å². The Morgan fingerprint density at radius 2 is 1.89 bits per heavy atom. The van der Waals surface area contributed by atoms with E-state index in [2.05, 4.69) is 4.72 Å². The Morgan fingerprint density at radius 1 is 1.17 bits per heavy atom. The van der Waals surface area contributed by atoms with Crippen molar-refractivity contribution in [3.8, 4) is 5.75 Å². The predicted molar refractivity (Wildman–Crippen MR) is 74.4 cm³/mol. The van der Waals surface area contributed by atoms with Gasteiger partial charge in [0.25, 0.3) is 0 Å². The number of benzene rings is 2. The summed E-state index contributed by atoms with van der Waals surface area (Å²) >= 11 is -1.64. The lowest BCUT2D eigenvalue weighted by atomic mass is 10.2. The summed E-state index contributed by atoms with van der Waals surface area (Å²) < 4.78 is 19.7. The average Bonchev–Trinajstić information content (AvgIpc) is 2.32. The maximum absolute atomic E-state index is 11.7. The molecule has 0 unspecified atom stereocenters. The lowest BCUT2D eigenvalue weighted by Gasteiger charge is -2.07. The topological polar surface area (TPSA) is 64.3 Å². The molecule has 0 amide bonds. The molecule has 0 spiro atoms. The zero-order chi connectivity index (χ0) is 13.0. The molecule has 0 radical (unpaired) electrons. The smallest absolute Gasteiger partial charge is 0.316 e. The van der Waals surface area contributed by atoms with Gasteiger partial charge in [0, 0.05) is 5.69 Å². The molecular formula is C13H14N2O2S. The van der Waals surface area contributed by atoms with Gasteiger partial charge >= 0.3 is 11.3 Å². The Labute approximate surface area is 109 Å². The number of hydrogen-bond donors (Lipinski definition) is 2. The van der Waals surface area contributed by atoms with Crippen molar-refractivity contribution in [1.82, 2.24) is 0 Å². The number of anilines is 2. The molecule has 0 aliphatic carbocycles. The summed E-state index contributed by atoms with van der Waals surface area (Å²) in [5.74, 6) is 0.551. The quantitative estimate of drug-likeness (QED) is 0.832. The number of aryl methyl sites for hydroxylation is 1. The first kappa shape index (κ1) is 12.4. The highest BCUT2D eigenvalue weighted by Gasteiger charge is 2.03. The molecule has 0 heterocycles. The molecule has 0 saturated carbocycles. The summed E-state index contributed by atoms with van der Waals surface area (Å²) in [6, 6.07) is 14.3. The molecular weight excluding hydrogens is 248 g/mol. The molecule has 1 atom stereocenters. The van der Waals surface area contributed by atoms with Gasteiger partial charge in [-0.05, 0) is 37.3 Å². The maximum atomic E-state index is 11.7. The Hall–Kier alpha value is -2.01. The van der Waals surface area contributed by atoms with E-state index in [1.165, 1.54) is 0 Å². The standard InChI is InChI=1S/C13H14N2O2S/c1-10-5-7-13(8-6-10)17-18(16)15-12-4-2-3-11(14)9-12/h2-9,15H,14H2,1H3/t18-/m1/s1. The van der Waals surface area contributed by atoms with Crippen LogP contribution < -0.4 is 14.6 Å². The molecule has 94 valence electrons. The minimum Gasteiger partial charge on any atom is -0.399 e. The largest absolute Gasteiger partial charge is 0.399 e. The molecule has 0 aliphatic heterocycles. The van der Waals surface area contributed by atoms with Crippen LogP contribution in [0.5, 0.6) is 5.75 Å². The molecule has 2 rings (SSSR count). The van der Waals surface area contributed by atoms with Crippen molar-refractivity contribution in [3.05, 3.63) is 54.1 Å². The Kier molecular flexibility index (Phi) is 3.84. The SMILES string of the molecule is Cc1ccc(O[S@@](=O)Nc2cccc(N)c2)cc1. The fourth-order valence-electron chi connectivity index (χ4n) is 1.40. The molecule has 2 aromatic carbocycles. The first-order valence-corrected chi connectivity index (χ1v) is 6.50. The molecule has 2 aromatic rings. The monoisotopic (exact) mass is 262 g/mol. The minimum atomic E-state index is -1.64. The fourth-order valence-corrected chi connectivity index (χ4v) is 2.05. The molecule has 0 fully saturated rings. The third kappa shape index (κ3) is 3.49. The van der Waals surface area contributed by atoms with Gasteiger partial charge in [-0.2, -0.15) is 4.21 Å². The van der Waals surface area contributed by atoms with Gasteiger partial charge in [-0.15, -0.1) is 0 Å². The van der Waals surface area contributed by atoms with Crippen LogP contribution in [0.2, 0.25) is 0 Å². The van der Waals surface area contributed by atoms with Crippen molar-refractivity contribution in [2.75, 3.05) is 10.5 Å². The Balaban J connectivity index is 1.98. The molecule has 18 heavy (non-hydrogen) atoms. The normalized spacial score (nSPS) is 11.8. The van der Waals surface area contributed by atoms with Crippen LogP contribution in [0.3, 0.4) is 0 Å². The summed E-state index contributed by atoms with van der Waals surface area (Å²) in [5.41, 5.74) is 8.00. The highest BCUT2D eigenvalue weighted by Crippen LogP contribution is 2.16. The fraction of sp³-hybridized carbons (Fsp3) is 0.0769. The number of rotatable bonds is 4. The zero-order valence-corrected chi connectivity index (χ0v) is 10.7. The van der Waals surface area contributed by atoms with E-state index in [4.69, 9.17) is 9.92 Å². The van der Waals surface area contributed by atoms with Crippen molar-refractivity contribution in [3.63, 3.8) is 0 Å². The van der Waals surface area contributed by atoms with E-state index in [0.717, 1.165) is 5.56 Å². The van der Waals surface area contributed by atoms with Crippen LogP contribution >= 0.6 is 0 Å². The molecule has 4 nitrogen and oxygen atoms in total. The van der Waals surface area contributed by atoms with Gasteiger partial charge < -0.3 is 9.92 Å². The van der Waals surface area contributed by atoms with Crippen LogP contribution in [-0.2, 0) is 11.3 Å². The third-order valence-corrected chi connectivity index (χ3v) is 3.03. The van der Waals surface area contributed by atoms with Crippen molar-refractivity contribution >= 4 is 22.6 Å². The number of hydrogen-bond acceptors (Lipinski definition) is 3. The van der Waals surface area contributed by atoms with Crippen LogP contribution in [-0.4, -0.2) is 4.21 Å². The van der Waals surface area contributed by atoms with Gasteiger partial charge in [-0.3, -0.25) is 4.72 Å². The van der Waals surface area contributed by atoms with Crippen LogP contribution in [0, 0.1) is 6.92 Å². The van der Waals surface area contributed by atoms with Gasteiger partial charge in [-0.1, -0.05) is 23.8 Å². The van der Waals surface area contributed by atoms with E-state index in [-0.39, 0.29) is 0 Å². The Morgan fingerprint density at radius 3 is 2.56 bits per heavy atom. The predicted octanol–water partition coefficient (Wildman–Crippen LogP) is 2.65. The lowest BCUT2D eigenvalue weighted by Crippen LogP contribution is -2.11. The van der Waals surface area contributed by atoms with E-state index in [9.17, 15) is 4.21 Å². The second-order valence-corrected chi connectivity index (χ2v) is 4.70. The highest BCUT2D eigenvalue weighted by molar-refractivity contribution is 7.81. The summed E-state index contributed by atoms with van der Waals surface area (Å²) in [6.45, 7) is 1.98. The van der Waals surface area contributed by atoms with Crippen molar-refractivity contribution in [1.29, 1.82) is 0 Å². The molecule has 0 aromatic heterocycles. The zero-order valence-electron chi connectivity index (χ0n) is 9.92. The molecule has 0 saturated heterocycles. The van der Waals surface area contributed by atoms with Gasteiger partial charge in [-0.25, -0.2) is 0 Å². The van der Waals surface area contributed by atoms with E-state index in [0.29, 0.717) is 17.1 Å². The number of nitrogens with two attached hydrogens (primary N) is 1. The third-order valence-electron chi connectivity index (χ3n) is 2.28. The summed E-state index contributed by atoms with van der Waals surface area (Å²) in [6.07, 6.45) is 0. The van der Waals surface area contributed by atoms with Crippen molar-refractivity contribution < 1.29 is 8.39 Å². The van der Waals surface area contributed by atoms with E-state index in [1.54, 1.807) is 36.4 Å². The second-order valence-electron chi connectivity index (χ2n) is 3.86. The molecule has 3 N–H and O–H groups in total. The van der Waals surface area contributed by atoms with Gasteiger partial charge in [0.2, 0.25) is 0 Å². The summed E-state index contributed by atoms with van der Waals surface area (Å²) in [4.78, 5) is 0. The minimum absolute atomic E-state index is 0.551. The van der Waals surface area contributed by atoms with E-state index in [1.807, 2.05) is 19.1 Å². The summed E-state index contributed by atoms with van der Waals surface area (Å²) in [5, 5.41) is 0. The average molecular weight is 262 g/mol. The van der Waals surface area contributed by atoms with Crippen LogP contribution in [0.4, 0.5) is 11.4 Å². The molecule has 5 heteroatoms. The first-order valence-electron chi connectivity index (χ1n) is 5.42. The van der Waals surface area contributed by atoms with Crippen molar-refractivity contribution in [2.24, 2.45) is 0 Å². The van der Waals surface area contributed by atoms with E-state index < -0.39 is 11.3 Å². The molecule has 0 aliphatic rings. The van der Waals surface area contributed by atoms with Crippen molar-refractivity contribution in [2.45, 2.75) is 6.92 Å². The first-order chi connectivity index (χ1) is 8.63. The highest BCUT2D eigenvalue weighted by atomic mass is 32.2. The van der Waals surface area contributed by atoms with Crippen LogP contribution in [0.15, 0.2) is 48.5 Å². The number of nitrogens with one attached hydrogen (secondary N) is 1. The maximum Gasteiger partial charge on any atom is 0.316 e. The van der Waals surface area contributed by atoms with Gasteiger partial charge in [0.1, 0.15) is 5.75 Å². The number of nitrogen functional groups attached to an aromatic ring is 1.